The molecule has 0 spiro atoms. The number of pyridine rings is 2. The summed E-state index contributed by atoms with van der Waals surface area (Å²) in [6.07, 6.45) is 9.39. The molecule has 0 aliphatic carbocycles. The summed E-state index contributed by atoms with van der Waals surface area (Å²) < 4.78 is 0. The predicted molar refractivity (Wildman–Crippen MR) is 97.7 cm³/mol. The maximum absolute atomic E-state index is 5.71. The first-order valence-corrected chi connectivity index (χ1v) is 8.99. The van der Waals surface area contributed by atoms with E-state index in [0.29, 0.717) is 12.1 Å². The number of hydrogen-bond donors (Lipinski definition) is 1. The third kappa shape index (κ3) is 3.50. The average molecular weight is 324 g/mol. The number of aryl methyl sites for hydroxylation is 2. The van der Waals surface area contributed by atoms with Crippen LogP contribution in [0.4, 0.5) is 0 Å². The summed E-state index contributed by atoms with van der Waals surface area (Å²) in [7, 11) is 2.23. The monoisotopic (exact) mass is 324 g/mol. The topological polar surface area (TPSA) is 55.0 Å². The van der Waals surface area contributed by atoms with Crippen LogP contribution in [0.15, 0.2) is 36.7 Å². The maximum atomic E-state index is 5.71. The minimum atomic E-state index is 0.360. The van der Waals surface area contributed by atoms with Crippen LogP contribution in [-0.4, -0.2) is 28.5 Å². The molecule has 2 aromatic rings. The molecule has 0 saturated carbocycles. The number of hydrogen-bond acceptors (Lipinski definition) is 4. The van der Waals surface area contributed by atoms with Crippen LogP contribution in [0.1, 0.15) is 60.3 Å². The predicted octanol–water partition coefficient (Wildman–Crippen LogP) is 3.57. The van der Waals surface area contributed by atoms with Gasteiger partial charge in [0, 0.05) is 12.4 Å². The molecule has 0 unspecified atom stereocenters. The zero-order valence-corrected chi connectivity index (χ0v) is 14.8. The van der Waals surface area contributed by atoms with Crippen LogP contribution in [-0.2, 0) is 6.42 Å². The van der Waals surface area contributed by atoms with Crippen molar-refractivity contribution >= 4 is 0 Å². The Morgan fingerprint density at radius 2 is 1.75 bits per heavy atom. The third-order valence-electron chi connectivity index (χ3n) is 5.20. The first kappa shape index (κ1) is 17.1. The molecule has 2 N–H and O–H groups in total. The Bertz CT molecular complexity index is 670. The van der Waals surface area contributed by atoms with Crippen molar-refractivity contribution in [2.75, 3.05) is 13.6 Å². The number of rotatable bonds is 5. The minimum absolute atomic E-state index is 0.360. The highest BCUT2D eigenvalue weighted by molar-refractivity contribution is 5.26. The smallest absolute Gasteiger partial charge is 0.0607 e. The maximum Gasteiger partial charge on any atom is 0.0607 e. The standard InChI is InChI=1S/C20H28N4/c1-15-7-5-13-22-19(15)17-10-3-11-18(24(17)2)20-16(8-4-12-21)9-6-14-23-20/h5-7,9,13-14,17-18H,3-4,8,10-12,21H2,1-2H3/t17-,18+/m0/s1. The van der Waals surface area contributed by atoms with Crippen molar-refractivity contribution in [2.45, 2.75) is 51.1 Å². The Kier molecular flexibility index (Phi) is 5.59. The zero-order valence-electron chi connectivity index (χ0n) is 14.8. The molecule has 4 nitrogen and oxygen atoms in total. The van der Waals surface area contributed by atoms with Gasteiger partial charge >= 0.3 is 0 Å². The van der Waals surface area contributed by atoms with Gasteiger partial charge in [0.05, 0.1) is 23.5 Å². The normalized spacial score (nSPS) is 21.8. The van der Waals surface area contributed by atoms with E-state index in [4.69, 9.17) is 10.7 Å². The Balaban J connectivity index is 1.88. The van der Waals surface area contributed by atoms with Crippen molar-refractivity contribution in [3.8, 4) is 0 Å². The lowest BCUT2D eigenvalue weighted by molar-refractivity contribution is 0.108. The molecule has 1 aliphatic heterocycles. The van der Waals surface area contributed by atoms with Crippen molar-refractivity contribution in [3.63, 3.8) is 0 Å². The molecule has 3 heterocycles. The quantitative estimate of drug-likeness (QED) is 0.913. The molecule has 0 bridgehead atoms. The summed E-state index contributed by atoms with van der Waals surface area (Å²) in [4.78, 5) is 11.9. The van der Waals surface area contributed by atoms with Crippen molar-refractivity contribution in [1.82, 2.24) is 14.9 Å². The van der Waals surface area contributed by atoms with E-state index in [1.807, 2.05) is 24.5 Å². The zero-order chi connectivity index (χ0) is 16.9. The number of aromatic nitrogens is 2. The van der Waals surface area contributed by atoms with Crippen LogP contribution < -0.4 is 5.73 Å². The Morgan fingerprint density at radius 1 is 1.08 bits per heavy atom. The second-order valence-electron chi connectivity index (χ2n) is 6.77. The van der Waals surface area contributed by atoms with Crippen molar-refractivity contribution < 1.29 is 0 Å². The van der Waals surface area contributed by atoms with Crippen molar-refractivity contribution in [2.24, 2.45) is 5.73 Å². The molecular formula is C20H28N4. The van der Waals surface area contributed by atoms with E-state index in [0.717, 1.165) is 32.2 Å². The molecule has 0 amide bonds. The SMILES string of the molecule is Cc1cccnc1[C@@H]1CCC[C@H](c2ncccc2CCCN)N1C. The van der Waals surface area contributed by atoms with Gasteiger partial charge in [0.25, 0.3) is 0 Å². The van der Waals surface area contributed by atoms with E-state index in [1.54, 1.807) is 0 Å². The van der Waals surface area contributed by atoms with Crippen LogP contribution in [0.5, 0.6) is 0 Å². The molecule has 1 aliphatic rings. The van der Waals surface area contributed by atoms with Gasteiger partial charge in [-0.15, -0.1) is 0 Å². The third-order valence-corrected chi connectivity index (χ3v) is 5.20. The fourth-order valence-electron chi connectivity index (χ4n) is 3.89. The van der Waals surface area contributed by atoms with Gasteiger partial charge in [-0.05, 0) is 75.9 Å². The van der Waals surface area contributed by atoms with E-state index >= 15 is 0 Å². The molecule has 0 radical (unpaired) electrons. The van der Waals surface area contributed by atoms with Crippen LogP contribution in [0.2, 0.25) is 0 Å². The summed E-state index contributed by atoms with van der Waals surface area (Å²) in [5, 5.41) is 0. The van der Waals surface area contributed by atoms with Gasteiger partial charge in [-0.25, -0.2) is 0 Å². The minimum Gasteiger partial charge on any atom is -0.330 e. The molecule has 2 aromatic heterocycles. The van der Waals surface area contributed by atoms with E-state index in [1.165, 1.54) is 28.9 Å². The molecular weight excluding hydrogens is 296 g/mol. The Morgan fingerprint density at radius 3 is 2.46 bits per heavy atom. The molecule has 1 saturated heterocycles. The highest BCUT2D eigenvalue weighted by Crippen LogP contribution is 2.40. The van der Waals surface area contributed by atoms with Gasteiger partial charge in [-0.2, -0.15) is 0 Å². The number of piperidine rings is 1. The van der Waals surface area contributed by atoms with Gasteiger partial charge in [0.15, 0.2) is 0 Å². The number of likely N-dealkylation sites (tertiary alicyclic amines) is 1. The van der Waals surface area contributed by atoms with Crippen molar-refractivity contribution in [1.29, 1.82) is 0 Å². The van der Waals surface area contributed by atoms with Gasteiger partial charge in [-0.1, -0.05) is 12.1 Å². The van der Waals surface area contributed by atoms with Crippen molar-refractivity contribution in [3.05, 3.63) is 59.2 Å². The van der Waals surface area contributed by atoms with Gasteiger partial charge in [0.1, 0.15) is 0 Å². The fourth-order valence-corrected chi connectivity index (χ4v) is 3.89. The highest BCUT2D eigenvalue weighted by atomic mass is 15.2. The lowest BCUT2D eigenvalue weighted by Gasteiger charge is -2.40. The summed E-state index contributed by atoms with van der Waals surface area (Å²) >= 11 is 0. The first-order chi connectivity index (χ1) is 11.7. The molecule has 3 rings (SSSR count). The van der Waals surface area contributed by atoms with E-state index in [9.17, 15) is 0 Å². The van der Waals surface area contributed by atoms with E-state index in [2.05, 4.69) is 36.0 Å². The summed E-state index contributed by atoms with van der Waals surface area (Å²) in [6.45, 7) is 2.89. The highest BCUT2D eigenvalue weighted by Gasteiger charge is 2.32. The lowest BCUT2D eigenvalue weighted by atomic mass is 9.89. The molecule has 2 atom stereocenters. The molecule has 0 aromatic carbocycles. The largest absolute Gasteiger partial charge is 0.330 e. The molecule has 1 fully saturated rings. The molecule has 4 heteroatoms. The Hall–Kier alpha value is -1.78. The van der Waals surface area contributed by atoms with Crippen LogP contribution in [0.25, 0.3) is 0 Å². The van der Waals surface area contributed by atoms with Gasteiger partial charge in [-0.3, -0.25) is 14.9 Å². The summed E-state index contributed by atoms with van der Waals surface area (Å²) in [5.41, 5.74) is 10.8. The summed E-state index contributed by atoms with van der Waals surface area (Å²) in [6, 6.07) is 9.16. The van der Waals surface area contributed by atoms with Crippen LogP contribution >= 0.6 is 0 Å². The van der Waals surface area contributed by atoms with E-state index in [-0.39, 0.29) is 0 Å². The first-order valence-electron chi connectivity index (χ1n) is 8.99. The molecule has 128 valence electrons. The average Bonchev–Trinajstić information content (AvgIpc) is 2.61. The summed E-state index contributed by atoms with van der Waals surface area (Å²) in [5.74, 6) is 0. The second-order valence-corrected chi connectivity index (χ2v) is 6.77. The number of nitrogens with two attached hydrogens (primary N) is 1. The Labute approximate surface area is 145 Å². The second kappa shape index (κ2) is 7.86. The van der Waals surface area contributed by atoms with Crippen LogP contribution in [0.3, 0.4) is 0 Å². The van der Waals surface area contributed by atoms with E-state index < -0.39 is 0 Å². The lowest BCUT2D eigenvalue weighted by Crippen LogP contribution is -2.35. The van der Waals surface area contributed by atoms with Gasteiger partial charge in [0.2, 0.25) is 0 Å². The fraction of sp³-hybridized carbons (Fsp3) is 0.500. The van der Waals surface area contributed by atoms with Crippen LogP contribution in [0, 0.1) is 6.92 Å². The molecule has 24 heavy (non-hydrogen) atoms. The van der Waals surface area contributed by atoms with Gasteiger partial charge < -0.3 is 5.73 Å². The number of nitrogens with zero attached hydrogens (tertiary/aromatic N) is 3.